The van der Waals surface area contributed by atoms with Crippen LogP contribution < -0.4 is 15.8 Å². The average Bonchev–Trinajstić information content (AvgIpc) is 2.36. The summed E-state index contributed by atoms with van der Waals surface area (Å²) < 4.78 is 5.07. The summed E-state index contributed by atoms with van der Waals surface area (Å²) in [5, 5.41) is 2.83. The number of ether oxygens (including phenoxy) is 1. The van der Waals surface area contributed by atoms with Crippen molar-refractivity contribution in [1.82, 2.24) is 5.32 Å². The summed E-state index contributed by atoms with van der Waals surface area (Å²) >= 11 is 0. The molecule has 0 aliphatic rings. The Balaban J connectivity index is 2.36. The third-order valence-corrected chi connectivity index (χ3v) is 2.56. The predicted octanol–water partition coefficient (Wildman–Crippen LogP) is 1.09. The molecule has 0 saturated heterocycles. The van der Waals surface area contributed by atoms with Gasteiger partial charge in [-0.1, -0.05) is 12.1 Å². The van der Waals surface area contributed by atoms with Gasteiger partial charge < -0.3 is 15.8 Å². The molecule has 3 N–H and O–H groups in total. The molecule has 4 nitrogen and oxygen atoms in total. The second kappa shape index (κ2) is 6.91. The predicted molar refractivity (Wildman–Crippen MR) is 68.0 cm³/mol. The highest BCUT2D eigenvalue weighted by Gasteiger charge is 2.05. The summed E-state index contributed by atoms with van der Waals surface area (Å²) in [5.41, 5.74) is 6.56. The van der Waals surface area contributed by atoms with Gasteiger partial charge in [-0.2, -0.15) is 0 Å². The van der Waals surface area contributed by atoms with Crippen LogP contribution in [0, 0.1) is 0 Å². The van der Waals surface area contributed by atoms with E-state index in [0.29, 0.717) is 13.0 Å². The molecule has 4 heteroatoms. The lowest BCUT2D eigenvalue weighted by Gasteiger charge is -2.11. The fourth-order valence-corrected chi connectivity index (χ4v) is 1.46. The molecule has 0 radical (unpaired) electrons. The monoisotopic (exact) mass is 236 g/mol. The van der Waals surface area contributed by atoms with Gasteiger partial charge in [-0.05, 0) is 31.0 Å². The van der Waals surface area contributed by atoms with Gasteiger partial charge in [0.15, 0.2) is 0 Å². The number of methoxy groups -OCH3 is 1. The number of nitrogens with two attached hydrogens (primary N) is 1. The van der Waals surface area contributed by atoms with Gasteiger partial charge in [0.25, 0.3) is 0 Å². The first-order chi connectivity index (χ1) is 8.15. The van der Waals surface area contributed by atoms with Crippen molar-refractivity contribution in [1.29, 1.82) is 0 Å². The van der Waals surface area contributed by atoms with Crippen LogP contribution in [0.3, 0.4) is 0 Å². The lowest BCUT2D eigenvalue weighted by Crippen LogP contribution is -2.37. The minimum atomic E-state index is 0.0402. The van der Waals surface area contributed by atoms with E-state index in [1.807, 2.05) is 31.2 Å². The van der Waals surface area contributed by atoms with Crippen molar-refractivity contribution in [2.24, 2.45) is 5.73 Å². The van der Waals surface area contributed by atoms with E-state index in [2.05, 4.69) is 5.32 Å². The van der Waals surface area contributed by atoms with Crippen molar-refractivity contribution in [3.63, 3.8) is 0 Å². The molecular weight excluding hydrogens is 216 g/mol. The third-order valence-electron chi connectivity index (χ3n) is 2.56. The maximum Gasteiger partial charge on any atom is 0.220 e. The van der Waals surface area contributed by atoms with Gasteiger partial charge in [0.1, 0.15) is 5.75 Å². The Labute approximate surface area is 102 Å². The fraction of sp³-hybridized carbons (Fsp3) is 0.462. The first-order valence-electron chi connectivity index (χ1n) is 5.78. The maximum absolute atomic E-state index is 11.5. The molecular formula is C13H20N2O2. The smallest absolute Gasteiger partial charge is 0.220 e. The molecule has 0 heterocycles. The van der Waals surface area contributed by atoms with E-state index in [-0.39, 0.29) is 11.9 Å². The quantitative estimate of drug-likeness (QED) is 0.777. The first-order valence-corrected chi connectivity index (χ1v) is 5.78. The molecule has 0 aliphatic carbocycles. The largest absolute Gasteiger partial charge is 0.497 e. The Morgan fingerprint density at radius 3 is 2.59 bits per heavy atom. The molecule has 1 aromatic carbocycles. The topological polar surface area (TPSA) is 64.3 Å². The van der Waals surface area contributed by atoms with Crippen LogP contribution in [0.5, 0.6) is 5.75 Å². The Morgan fingerprint density at radius 2 is 2.06 bits per heavy atom. The number of carbonyl (C=O) groups is 1. The third kappa shape index (κ3) is 4.87. The van der Waals surface area contributed by atoms with Crippen LogP contribution in [0.1, 0.15) is 18.9 Å². The second-order valence-corrected chi connectivity index (χ2v) is 4.05. The van der Waals surface area contributed by atoms with E-state index in [1.165, 1.54) is 0 Å². The second-order valence-electron chi connectivity index (χ2n) is 4.05. The van der Waals surface area contributed by atoms with Gasteiger partial charge in [-0.3, -0.25) is 4.79 Å². The van der Waals surface area contributed by atoms with E-state index in [4.69, 9.17) is 10.5 Å². The Hall–Kier alpha value is -1.55. The van der Waals surface area contributed by atoms with Crippen molar-refractivity contribution < 1.29 is 9.53 Å². The summed E-state index contributed by atoms with van der Waals surface area (Å²) in [6.07, 6.45) is 1.21. The Bertz CT molecular complexity index is 349. The molecule has 0 spiro atoms. The van der Waals surface area contributed by atoms with Crippen LogP contribution in [0.4, 0.5) is 0 Å². The molecule has 1 aromatic rings. The van der Waals surface area contributed by atoms with Crippen LogP contribution in [0.15, 0.2) is 24.3 Å². The zero-order valence-electron chi connectivity index (χ0n) is 10.4. The van der Waals surface area contributed by atoms with E-state index >= 15 is 0 Å². The van der Waals surface area contributed by atoms with Crippen molar-refractivity contribution in [3.05, 3.63) is 29.8 Å². The maximum atomic E-state index is 11.5. The van der Waals surface area contributed by atoms with Gasteiger partial charge in [0, 0.05) is 19.0 Å². The molecule has 1 rings (SSSR count). The molecule has 0 aromatic heterocycles. The van der Waals surface area contributed by atoms with Gasteiger partial charge in [0.2, 0.25) is 5.91 Å². The summed E-state index contributed by atoms with van der Waals surface area (Å²) in [6, 6.07) is 7.78. The Morgan fingerprint density at radius 1 is 1.41 bits per heavy atom. The normalized spacial score (nSPS) is 11.9. The lowest BCUT2D eigenvalue weighted by atomic mass is 10.1. The summed E-state index contributed by atoms with van der Waals surface area (Å²) in [7, 11) is 1.64. The number of nitrogens with one attached hydrogen (secondary N) is 1. The molecule has 17 heavy (non-hydrogen) atoms. The molecule has 0 aliphatic heterocycles. The van der Waals surface area contributed by atoms with E-state index in [9.17, 15) is 4.79 Å². The number of aryl methyl sites for hydroxylation is 1. The van der Waals surface area contributed by atoms with Crippen molar-refractivity contribution in [3.8, 4) is 5.75 Å². The van der Waals surface area contributed by atoms with Gasteiger partial charge in [-0.25, -0.2) is 0 Å². The average molecular weight is 236 g/mol. The SMILES string of the molecule is COc1ccc(CCC(=O)N[C@@H](C)CN)cc1. The van der Waals surface area contributed by atoms with Crippen molar-refractivity contribution in [2.75, 3.05) is 13.7 Å². The summed E-state index contributed by atoms with van der Waals surface area (Å²) in [5.74, 6) is 0.869. The highest BCUT2D eigenvalue weighted by molar-refractivity contribution is 5.76. The molecule has 94 valence electrons. The minimum Gasteiger partial charge on any atom is -0.497 e. The summed E-state index contributed by atoms with van der Waals surface area (Å²) in [4.78, 5) is 11.5. The molecule has 0 unspecified atom stereocenters. The number of benzene rings is 1. The highest BCUT2D eigenvalue weighted by atomic mass is 16.5. The number of rotatable bonds is 6. The number of hydrogen-bond acceptors (Lipinski definition) is 3. The first kappa shape index (κ1) is 13.5. The van der Waals surface area contributed by atoms with Crippen LogP contribution >= 0.6 is 0 Å². The number of amides is 1. The number of carbonyl (C=O) groups excluding carboxylic acids is 1. The van der Waals surface area contributed by atoms with Crippen LogP contribution in [0.2, 0.25) is 0 Å². The molecule has 0 bridgehead atoms. The zero-order valence-corrected chi connectivity index (χ0v) is 10.4. The lowest BCUT2D eigenvalue weighted by molar-refractivity contribution is -0.121. The molecule has 0 saturated carbocycles. The van der Waals surface area contributed by atoms with Crippen LogP contribution in [-0.4, -0.2) is 25.6 Å². The minimum absolute atomic E-state index is 0.0402. The highest BCUT2D eigenvalue weighted by Crippen LogP contribution is 2.12. The zero-order chi connectivity index (χ0) is 12.7. The van der Waals surface area contributed by atoms with Crippen molar-refractivity contribution >= 4 is 5.91 Å². The van der Waals surface area contributed by atoms with Gasteiger partial charge in [0.05, 0.1) is 7.11 Å². The molecule has 0 fully saturated rings. The van der Waals surface area contributed by atoms with E-state index in [0.717, 1.165) is 17.7 Å². The molecule has 1 amide bonds. The summed E-state index contributed by atoms with van der Waals surface area (Å²) in [6.45, 7) is 2.36. The standard InChI is InChI=1S/C13H20N2O2/c1-10(9-14)15-13(16)8-5-11-3-6-12(17-2)7-4-11/h3-4,6-7,10H,5,8-9,14H2,1-2H3,(H,15,16)/t10-/m0/s1. The van der Waals surface area contributed by atoms with Crippen molar-refractivity contribution in [2.45, 2.75) is 25.8 Å². The molecule has 1 atom stereocenters. The van der Waals surface area contributed by atoms with Crippen LogP contribution in [0.25, 0.3) is 0 Å². The van der Waals surface area contributed by atoms with E-state index in [1.54, 1.807) is 7.11 Å². The van der Waals surface area contributed by atoms with Gasteiger partial charge >= 0.3 is 0 Å². The van der Waals surface area contributed by atoms with Crippen LogP contribution in [-0.2, 0) is 11.2 Å². The van der Waals surface area contributed by atoms with E-state index < -0.39 is 0 Å². The van der Waals surface area contributed by atoms with Gasteiger partial charge in [-0.15, -0.1) is 0 Å². The Kier molecular flexibility index (Phi) is 5.49. The number of hydrogen-bond donors (Lipinski definition) is 2. The fourth-order valence-electron chi connectivity index (χ4n) is 1.46.